The fraction of sp³-hybridized carbons (Fsp3) is 0.273. The maximum Gasteiger partial charge on any atom is 0.416 e. The smallest absolute Gasteiger partial charge is 0.347 e. The van der Waals surface area contributed by atoms with Gasteiger partial charge in [-0.1, -0.05) is 30.3 Å². The van der Waals surface area contributed by atoms with Crippen molar-refractivity contribution < 1.29 is 31.3 Å². The molecule has 4 rings (SSSR count). The summed E-state index contributed by atoms with van der Waals surface area (Å²) in [5.41, 5.74) is -2.11. The summed E-state index contributed by atoms with van der Waals surface area (Å²) in [6.45, 7) is -0.254. The molecular formula is C22H20F3N5O5S. The molecule has 14 heteroatoms. The van der Waals surface area contributed by atoms with E-state index in [4.69, 9.17) is 0 Å². The van der Waals surface area contributed by atoms with E-state index in [0.29, 0.717) is 23.8 Å². The molecule has 2 atom stereocenters. The fourth-order valence-corrected chi connectivity index (χ4v) is 5.56. The van der Waals surface area contributed by atoms with E-state index in [1.807, 2.05) is 0 Å². The Morgan fingerprint density at radius 3 is 2.44 bits per heavy atom. The van der Waals surface area contributed by atoms with Crippen LogP contribution in [0.25, 0.3) is 0 Å². The molecule has 0 bridgehead atoms. The summed E-state index contributed by atoms with van der Waals surface area (Å²) in [6, 6.07) is 9.34. The van der Waals surface area contributed by atoms with Crippen LogP contribution in [0.1, 0.15) is 27.4 Å². The maximum absolute atomic E-state index is 13.2. The Kier molecular flexibility index (Phi) is 6.58. The second-order valence-electron chi connectivity index (χ2n) is 8.28. The van der Waals surface area contributed by atoms with Crippen LogP contribution in [0.3, 0.4) is 0 Å². The summed E-state index contributed by atoms with van der Waals surface area (Å²) >= 11 is 0. The Morgan fingerprint density at radius 2 is 1.86 bits per heavy atom. The SMILES string of the molecule is Cn1cnc(S(=O)(=O)N2CC(NC(=O)c3cc(C(F)(F)F)ccc3[N+](=O)[O-])C(c3ccccc3)C2)c1. The van der Waals surface area contributed by atoms with E-state index in [1.54, 1.807) is 37.4 Å². The predicted molar refractivity (Wildman–Crippen MR) is 121 cm³/mol. The number of carbonyl (C=O) groups is 1. The average molecular weight is 523 g/mol. The van der Waals surface area contributed by atoms with Gasteiger partial charge in [-0.3, -0.25) is 14.9 Å². The summed E-state index contributed by atoms with van der Waals surface area (Å²) in [4.78, 5) is 27.4. The van der Waals surface area contributed by atoms with E-state index in [-0.39, 0.29) is 18.1 Å². The molecule has 0 radical (unpaired) electrons. The number of benzene rings is 2. The number of carbonyl (C=O) groups excluding carboxylic acids is 1. The standard InChI is InChI=1S/C22H20F3N5O5S/c1-28-12-20(26-13-28)36(34,35)29-10-17(14-5-3-2-4-6-14)18(11-29)27-21(31)16-9-15(22(23,24)25)7-8-19(16)30(32)33/h2-9,12-13,17-18H,10-11H2,1H3,(H,27,31). The van der Waals surface area contributed by atoms with Crippen LogP contribution in [-0.4, -0.2) is 52.2 Å². The van der Waals surface area contributed by atoms with Gasteiger partial charge in [0.15, 0.2) is 5.03 Å². The minimum Gasteiger partial charge on any atom is -0.347 e. The zero-order valence-electron chi connectivity index (χ0n) is 18.7. The molecule has 1 aliphatic heterocycles. The Labute approximate surface area is 203 Å². The lowest BCUT2D eigenvalue weighted by Gasteiger charge is -2.20. The van der Waals surface area contributed by atoms with Gasteiger partial charge in [0.2, 0.25) is 0 Å². The summed E-state index contributed by atoms with van der Waals surface area (Å²) in [6.07, 6.45) is -2.17. The number of aromatic nitrogens is 2. The van der Waals surface area contributed by atoms with Gasteiger partial charge in [-0.25, -0.2) is 13.4 Å². The molecule has 2 unspecified atom stereocenters. The van der Waals surface area contributed by atoms with Crippen molar-refractivity contribution in [2.75, 3.05) is 13.1 Å². The Bertz CT molecular complexity index is 1410. The van der Waals surface area contributed by atoms with Crippen LogP contribution in [0.5, 0.6) is 0 Å². The summed E-state index contributed by atoms with van der Waals surface area (Å²) in [7, 11) is -2.44. The van der Waals surface area contributed by atoms with Crippen molar-refractivity contribution in [3.63, 3.8) is 0 Å². The Morgan fingerprint density at radius 1 is 1.17 bits per heavy atom. The number of sulfonamides is 1. The first-order valence-electron chi connectivity index (χ1n) is 10.6. The predicted octanol–water partition coefficient (Wildman–Crippen LogP) is 2.93. The first-order chi connectivity index (χ1) is 16.9. The minimum atomic E-state index is -4.82. The van der Waals surface area contributed by atoms with E-state index in [9.17, 15) is 36.5 Å². The van der Waals surface area contributed by atoms with Gasteiger partial charge in [0, 0.05) is 38.3 Å². The normalized spacial score (nSPS) is 18.8. The quantitative estimate of drug-likeness (QED) is 0.391. The fourth-order valence-electron chi connectivity index (χ4n) is 4.10. The molecule has 1 aromatic heterocycles. The topological polar surface area (TPSA) is 127 Å². The number of aryl methyl sites for hydroxylation is 1. The third-order valence-corrected chi connectivity index (χ3v) is 7.60. The number of alkyl halides is 3. The summed E-state index contributed by atoms with van der Waals surface area (Å²) in [5, 5.41) is 13.7. The number of halogens is 3. The van der Waals surface area contributed by atoms with Crippen LogP contribution in [0.2, 0.25) is 0 Å². The number of amides is 1. The van der Waals surface area contributed by atoms with Crippen molar-refractivity contribution in [2.24, 2.45) is 7.05 Å². The molecule has 1 saturated heterocycles. The van der Waals surface area contributed by atoms with E-state index < -0.39 is 55.8 Å². The lowest BCUT2D eigenvalue weighted by atomic mass is 9.94. The van der Waals surface area contributed by atoms with Crippen molar-refractivity contribution in [2.45, 2.75) is 23.2 Å². The second kappa shape index (κ2) is 9.35. The molecule has 2 heterocycles. The lowest BCUT2D eigenvalue weighted by Crippen LogP contribution is -2.40. The molecule has 0 spiro atoms. The molecular weight excluding hydrogens is 503 g/mol. The Hall–Kier alpha value is -3.78. The van der Waals surface area contributed by atoms with Gasteiger partial charge in [0.05, 0.1) is 22.9 Å². The zero-order valence-corrected chi connectivity index (χ0v) is 19.5. The van der Waals surface area contributed by atoms with Gasteiger partial charge in [0.25, 0.3) is 21.6 Å². The first kappa shape index (κ1) is 25.3. The highest BCUT2D eigenvalue weighted by molar-refractivity contribution is 7.89. The highest BCUT2D eigenvalue weighted by Gasteiger charge is 2.42. The number of nitro groups is 1. The number of nitrogens with zero attached hydrogens (tertiary/aromatic N) is 4. The first-order valence-corrected chi connectivity index (χ1v) is 12.0. The molecule has 3 aromatic rings. The van der Waals surface area contributed by atoms with Crippen LogP contribution < -0.4 is 5.32 Å². The van der Waals surface area contributed by atoms with Gasteiger partial charge in [-0.05, 0) is 17.7 Å². The molecule has 190 valence electrons. The van der Waals surface area contributed by atoms with E-state index in [1.165, 1.54) is 17.1 Å². The molecule has 1 fully saturated rings. The molecule has 2 aromatic carbocycles. The third-order valence-electron chi connectivity index (χ3n) is 5.88. The van der Waals surface area contributed by atoms with Crippen LogP contribution in [0, 0.1) is 10.1 Å². The number of hydrogen-bond donors (Lipinski definition) is 1. The number of hydrogen-bond acceptors (Lipinski definition) is 6. The molecule has 1 N–H and O–H groups in total. The van der Waals surface area contributed by atoms with Crippen molar-refractivity contribution >= 4 is 21.6 Å². The number of nitrogens with one attached hydrogen (secondary N) is 1. The largest absolute Gasteiger partial charge is 0.416 e. The molecule has 0 saturated carbocycles. The second-order valence-corrected chi connectivity index (χ2v) is 10.2. The Balaban J connectivity index is 1.68. The zero-order chi connectivity index (χ0) is 26.3. The molecule has 10 nitrogen and oxygen atoms in total. The number of rotatable bonds is 6. The van der Waals surface area contributed by atoms with Gasteiger partial charge in [-0.2, -0.15) is 17.5 Å². The van der Waals surface area contributed by atoms with Gasteiger partial charge < -0.3 is 9.88 Å². The van der Waals surface area contributed by atoms with Crippen molar-refractivity contribution in [1.29, 1.82) is 0 Å². The summed E-state index contributed by atoms with van der Waals surface area (Å²) in [5.74, 6) is -1.69. The van der Waals surface area contributed by atoms with Crippen LogP contribution in [0.15, 0.2) is 66.1 Å². The van der Waals surface area contributed by atoms with E-state index in [0.717, 1.165) is 4.31 Å². The van der Waals surface area contributed by atoms with Crippen LogP contribution >= 0.6 is 0 Å². The molecule has 36 heavy (non-hydrogen) atoms. The number of nitro benzene ring substituents is 1. The minimum absolute atomic E-state index is 0.0431. The van der Waals surface area contributed by atoms with Crippen molar-refractivity contribution in [3.05, 3.63) is 87.9 Å². The molecule has 0 aliphatic carbocycles. The molecule has 1 amide bonds. The maximum atomic E-state index is 13.2. The highest BCUT2D eigenvalue weighted by Crippen LogP contribution is 2.34. The summed E-state index contributed by atoms with van der Waals surface area (Å²) < 4.78 is 68.5. The van der Waals surface area contributed by atoms with Gasteiger partial charge >= 0.3 is 6.18 Å². The van der Waals surface area contributed by atoms with Gasteiger partial charge in [-0.15, -0.1) is 0 Å². The van der Waals surface area contributed by atoms with E-state index >= 15 is 0 Å². The van der Waals surface area contributed by atoms with Crippen LogP contribution in [-0.2, 0) is 23.2 Å². The third kappa shape index (κ3) is 4.95. The van der Waals surface area contributed by atoms with Crippen molar-refractivity contribution in [3.8, 4) is 0 Å². The van der Waals surface area contributed by atoms with Crippen LogP contribution in [0.4, 0.5) is 18.9 Å². The molecule has 1 aliphatic rings. The lowest BCUT2D eigenvalue weighted by molar-refractivity contribution is -0.385. The van der Waals surface area contributed by atoms with Gasteiger partial charge in [0.1, 0.15) is 5.56 Å². The monoisotopic (exact) mass is 523 g/mol. The van der Waals surface area contributed by atoms with Crippen molar-refractivity contribution in [1.82, 2.24) is 19.2 Å². The highest BCUT2D eigenvalue weighted by atomic mass is 32.2. The number of imidazole rings is 1. The average Bonchev–Trinajstić information content (AvgIpc) is 3.46. The van der Waals surface area contributed by atoms with E-state index in [2.05, 4.69) is 10.3 Å².